The van der Waals surface area contributed by atoms with E-state index in [9.17, 15) is 14.4 Å². The molecule has 2 aromatic rings. The number of ether oxygens (including phenoxy) is 1. The highest BCUT2D eigenvalue weighted by molar-refractivity contribution is 9.10. The lowest BCUT2D eigenvalue weighted by Crippen LogP contribution is -2.17. The van der Waals surface area contributed by atoms with Gasteiger partial charge in [0, 0.05) is 10.5 Å². The number of aromatic nitrogens is 2. The predicted molar refractivity (Wildman–Crippen MR) is 94.1 cm³/mol. The van der Waals surface area contributed by atoms with Gasteiger partial charge in [-0.3, -0.25) is 14.4 Å². The summed E-state index contributed by atoms with van der Waals surface area (Å²) in [5.41, 5.74) is 0.556. The maximum atomic E-state index is 12.0. The van der Waals surface area contributed by atoms with Crippen LogP contribution in [0.15, 0.2) is 44.8 Å². The molecule has 1 aromatic heterocycles. The number of benzene rings is 1. The molecule has 1 aromatic carbocycles. The summed E-state index contributed by atoms with van der Waals surface area (Å²) in [6.45, 7) is 0. The van der Waals surface area contributed by atoms with Crippen molar-refractivity contribution in [3.63, 3.8) is 0 Å². The molecule has 126 valence electrons. The van der Waals surface area contributed by atoms with E-state index in [1.165, 1.54) is 13.2 Å². The number of halogens is 1. The second-order valence-electron chi connectivity index (χ2n) is 4.61. The lowest BCUT2D eigenvalue weighted by molar-refractivity contribution is -0.139. The maximum Gasteiger partial charge on any atom is 0.311 e. The minimum absolute atomic E-state index is 0.0615. The molecule has 1 amide bonds. The highest BCUT2D eigenvalue weighted by Gasteiger charge is 2.10. The van der Waals surface area contributed by atoms with Crippen molar-refractivity contribution in [2.45, 2.75) is 11.6 Å². The van der Waals surface area contributed by atoms with Crippen LogP contribution in [0.2, 0.25) is 0 Å². The summed E-state index contributed by atoms with van der Waals surface area (Å²) in [4.78, 5) is 41.5. The Hall–Kier alpha value is -2.13. The van der Waals surface area contributed by atoms with E-state index in [-0.39, 0.29) is 23.2 Å². The Morgan fingerprint density at radius 2 is 2.12 bits per heavy atom. The number of rotatable bonds is 6. The van der Waals surface area contributed by atoms with Gasteiger partial charge < -0.3 is 15.0 Å². The monoisotopic (exact) mass is 411 g/mol. The minimum Gasteiger partial charge on any atom is -0.469 e. The van der Waals surface area contributed by atoms with Crippen LogP contribution < -0.4 is 10.9 Å². The first-order chi connectivity index (χ1) is 11.5. The van der Waals surface area contributed by atoms with E-state index in [2.05, 4.69) is 36.0 Å². The number of hydrogen-bond acceptors (Lipinski definition) is 6. The third kappa shape index (κ3) is 5.50. The summed E-state index contributed by atoms with van der Waals surface area (Å²) >= 11 is 4.41. The van der Waals surface area contributed by atoms with Crippen LogP contribution in [-0.4, -0.2) is 34.7 Å². The second kappa shape index (κ2) is 8.65. The molecule has 7 nitrogen and oxygen atoms in total. The number of amides is 1. The standard InChI is InChI=1S/C15H14BrN3O4S/c1-23-14(22)7-9-6-12(20)19-15(17-9)24-8-13(21)18-11-5-3-2-4-10(11)16/h2-6H,7-8H2,1H3,(H,18,21)(H,17,19,20). The Labute approximate surface area is 150 Å². The van der Waals surface area contributed by atoms with Crippen LogP contribution in [0, 0.1) is 0 Å². The molecule has 0 spiro atoms. The highest BCUT2D eigenvalue weighted by atomic mass is 79.9. The van der Waals surface area contributed by atoms with Gasteiger partial charge in [-0.2, -0.15) is 0 Å². The summed E-state index contributed by atoms with van der Waals surface area (Å²) < 4.78 is 5.32. The fourth-order valence-electron chi connectivity index (χ4n) is 1.75. The van der Waals surface area contributed by atoms with Crippen LogP contribution >= 0.6 is 27.7 Å². The SMILES string of the molecule is COC(=O)Cc1cc(=O)[nH]c(SCC(=O)Nc2ccccc2Br)n1. The van der Waals surface area contributed by atoms with E-state index < -0.39 is 11.5 Å². The quantitative estimate of drug-likeness (QED) is 0.428. The van der Waals surface area contributed by atoms with Crippen molar-refractivity contribution in [1.29, 1.82) is 0 Å². The molecule has 0 unspecified atom stereocenters. The summed E-state index contributed by atoms with van der Waals surface area (Å²) in [6, 6.07) is 8.46. The van der Waals surface area contributed by atoms with Gasteiger partial charge in [-0.05, 0) is 28.1 Å². The molecule has 2 N–H and O–H groups in total. The number of methoxy groups -OCH3 is 1. The Morgan fingerprint density at radius 1 is 1.38 bits per heavy atom. The molecule has 0 aliphatic carbocycles. The molecular weight excluding hydrogens is 398 g/mol. The number of nitrogens with zero attached hydrogens (tertiary/aromatic N) is 1. The molecule has 0 bridgehead atoms. The van der Waals surface area contributed by atoms with Gasteiger partial charge in [0.2, 0.25) is 5.91 Å². The largest absolute Gasteiger partial charge is 0.469 e. The third-order valence-corrected chi connectivity index (χ3v) is 4.38. The van der Waals surface area contributed by atoms with Crippen LogP contribution in [0.5, 0.6) is 0 Å². The van der Waals surface area contributed by atoms with Crippen LogP contribution in [-0.2, 0) is 20.7 Å². The Balaban J connectivity index is 1.98. The van der Waals surface area contributed by atoms with Crippen molar-refractivity contribution in [2.75, 3.05) is 18.2 Å². The number of thioether (sulfide) groups is 1. The number of H-pyrrole nitrogens is 1. The summed E-state index contributed by atoms with van der Waals surface area (Å²) in [5.74, 6) is -0.671. The van der Waals surface area contributed by atoms with Gasteiger partial charge >= 0.3 is 5.97 Å². The topological polar surface area (TPSA) is 101 Å². The molecule has 0 saturated heterocycles. The zero-order chi connectivity index (χ0) is 17.5. The molecule has 9 heteroatoms. The first kappa shape index (κ1) is 18.2. The number of carbonyl (C=O) groups is 2. The van der Waals surface area contributed by atoms with E-state index in [0.717, 1.165) is 16.2 Å². The van der Waals surface area contributed by atoms with Crippen molar-refractivity contribution in [3.8, 4) is 0 Å². The van der Waals surface area contributed by atoms with Crippen LogP contribution in [0.3, 0.4) is 0 Å². The smallest absolute Gasteiger partial charge is 0.311 e. The molecule has 1 heterocycles. The number of anilines is 1. The van der Waals surface area contributed by atoms with E-state index in [1.54, 1.807) is 6.07 Å². The second-order valence-corrected chi connectivity index (χ2v) is 6.43. The number of nitrogens with one attached hydrogen (secondary N) is 2. The lowest BCUT2D eigenvalue weighted by atomic mass is 10.3. The van der Waals surface area contributed by atoms with Gasteiger partial charge in [0.15, 0.2) is 5.16 Å². The van der Waals surface area contributed by atoms with Gasteiger partial charge in [-0.15, -0.1) is 0 Å². The molecular formula is C15H14BrN3O4S. The highest BCUT2D eigenvalue weighted by Crippen LogP contribution is 2.21. The number of para-hydroxylation sites is 1. The van der Waals surface area contributed by atoms with Gasteiger partial charge in [-0.25, -0.2) is 4.98 Å². The molecule has 0 atom stereocenters. The summed E-state index contributed by atoms with van der Waals surface area (Å²) in [5, 5.41) is 3.02. The van der Waals surface area contributed by atoms with Crippen molar-refractivity contribution in [1.82, 2.24) is 9.97 Å². The Morgan fingerprint density at radius 3 is 2.83 bits per heavy atom. The maximum absolute atomic E-state index is 12.0. The van der Waals surface area contributed by atoms with Crippen LogP contribution in [0.4, 0.5) is 5.69 Å². The molecule has 0 aliphatic rings. The first-order valence-electron chi connectivity index (χ1n) is 6.82. The summed E-state index contributed by atoms with van der Waals surface area (Å²) in [6.07, 6.45) is -0.100. The van der Waals surface area contributed by atoms with Crippen LogP contribution in [0.1, 0.15) is 5.69 Å². The van der Waals surface area contributed by atoms with Gasteiger partial charge in [0.25, 0.3) is 5.56 Å². The Bertz CT molecular complexity index is 809. The molecule has 24 heavy (non-hydrogen) atoms. The first-order valence-corrected chi connectivity index (χ1v) is 8.60. The number of esters is 1. The third-order valence-electron chi connectivity index (χ3n) is 2.81. The minimum atomic E-state index is -0.490. The average molecular weight is 412 g/mol. The van der Waals surface area contributed by atoms with E-state index in [4.69, 9.17) is 0 Å². The molecule has 0 aliphatic heterocycles. The van der Waals surface area contributed by atoms with E-state index >= 15 is 0 Å². The zero-order valence-electron chi connectivity index (χ0n) is 12.7. The van der Waals surface area contributed by atoms with Crippen molar-refractivity contribution in [2.24, 2.45) is 0 Å². The van der Waals surface area contributed by atoms with Gasteiger partial charge in [0.1, 0.15) is 0 Å². The van der Waals surface area contributed by atoms with Gasteiger partial charge in [0.05, 0.1) is 30.7 Å². The molecule has 0 radical (unpaired) electrons. The molecule has 0 fully saturated rings. The molecule has 0 saturated carbocycles. The zero-order valence-corrected chi connectivity index (χ0v) is 15.1. The van der Waals surface area contributed by atoms with Crippen molar-refractivity contribution >= 4 is 45.3 Å². The van der Waals surface area contributed by atoms with Crippen molar-refractivity contribution in [3.05, 3.63) is 50.9 Å². The fraction of sp³-hybridized carbons (Fsp3) is 0.200. The normalized spacial score (nSPS) is 10.2. The van der Waals surface area contributed by atoms with Crippen molar-refractivity contribution < 1.29 is 14.3 Å². The lowest BCUT2D eigenvalue weighted by Gasteiger charge is -2.07. The number of hydrogen-bond donors (Lipinski definition) is 2. The molecule has 2 rings (SSSR count). The predicted octanol–water partition coefficient (Wildman–Crippen LogP) is 1.98. The van der Waals surface area contributed by atoms with Crippen LogP contribution in [0.25, 0.3) is 0 Å². The average Bonchev–Trinajstić information content (AvgIpc) is 2.54. The number of aromatic amines is 1. The van der Waals surface area contributed by atoms with Gasteiger partial charge in [-0.1, -0.05) is 23.9 Å². The number of carbonyl (C=O) groups excluding carboxylic acids is 2. The van der Waals surface area contributed by atoms with E-state index in [1.807, 2.05) is 18.2 Å². The summed E-state index contributed by atoms with van der Waals surface area (Å²) in [7, 11) is 1.26. The Kier molecular flexibility index (Phi) is 6.56. The fourth-order valence-corrected chi connectivity index (χ4v) is 2.82. The van der Waals surface area contributed by atoms with E-state index in [0.29, 0.717) is 11.4 Å².